The molecule has 1 aliphatic heterocycles. The van der Waals surface area contributed by atoms with Crippen molar-refractivity contribution < 1.29 is 9.53 Å². The summed E-state index contributed by atoms with van der Waals surface area (Å²) in [5, 5.41) is 6.47. The van der Waals surface area contributed by atoms with E-state index in [1.54, 1.807) is 7.05 Å². The SMILES string of the molecule is CNc1nc(Nc2ccc(C3CCOCC3)cc2)cc(C2CCCC2)c1C(N)=O. The first kappa shape index (κ1) is 19.7. The van der Waals surface area contributed by atoms with Gasteiger partial charge in [-0.2, -0.15) is 0 Å². The number of hydrogen-bond donors (Lipinski definition) is 3. The molecule has 2 aliphatic rings. The molecule has 4 rings (SSSR count). The highest BCUT2D eigenvalue weighted by Gasteiger charge is 2.25. The molecule has 2 fully saturated rings. The molecule has 1 amide bonds. The third-order valence-electron chi connectivity index (χ3n) is 6.20. The van der Waals surface area contributed by atoms with Gasteiger partial charge in [0.05, 0.1) is 5.56 Å². The van der Waals surface area contributed by atoms with Gasteiger partial charge in [0.2, 0.25) is 0 Å². The van der Waals surface area contributed by atoms with Crippen LogP contribution in [0.2, 0.25) is 0 Å². The van der Waals surface area contributed by atoms with Crippen molar-refractivity contribution in [2.75, 3.05) is 30.9 Å². The maximum atomic E-state index is 12.1. The van der Waals surface area contributed by atoms with Gasteiger partial charge in [-0.15, -0.1) is 0 Å². The fourth-order valence-electron chi connectivity index (χ4n) is 4.64. The summed E-state index contributed by atoms with van der Waals surface area (Å²) in [4.78, 5) is 16.7. The molecule has 1 aliphatic carbocycles. The van der Waals surface area contributed by atoms with Gasteiger partial charge in [0, 0.05) is 25.9 Å². The van der Waals surface area contributed by atoms with Gasteiger partial charge in [-0.25, -0.2) is 4.98 Å². The first-order chi connectivity index (χ1) is 14.2. The van der Waals surface area contributed by atoms with Crippen LogP contribution in [0.5, 0.6) is 0 Å². The largest absolute Gasteiger partial charge is 0.381 e. The summed E-state index contributed by atoms with van der Waals surface area (Å²) >= 11 is 0. The van der Waals surface area contributed by atoms with E-state index >= 15 is 0 Å². The monoisotopic (exact) mass is 394 g/mol. The zero-order valence-electron chi connectivity index (χ0n) is 17.0. The molecular weight excluding hydrogens is 364 g/mol. The molecular formula is C23H30N4O2. The fourth-order valence-corrected chi connectivity index (χ4v) is 4.64. The second-order valence-corrected chi connectivity index (χ2v) is 8.05. The minimum absolute atomic E-state index is 0.365. The number of nitrogens with two attached hydrogens (primary N) is 1. The molecule has 0 spiro atoms. The van der Waals surface area contributed by atoms with Crippen LogP contribution in [0.25, 0.3) is 0 Å². The number of carbonyl (C=O) groups is 1. The van der Waals surface area contributed by atoms with Gasteiger partial charge in [0.1, 0.15) is 11.6 Å². The van der Waals surface area contributed by atoms with Gasteiger partial charge in [-0.3, -0.25) is 4.79 Å². The maximum Gasteiger partial charge on any atom is 0.252 e. The molecule has 29 heavy (non-hydrogen) atoms. The van der Waals surface area contributed by atoms with Crippen LogP contribution in [0.3, 0.4) is 0 Å². The molecule has 0 radical (unpaired) electrons. The second kappa shape index (κ2) is 8.82. The van der Waals surface area contributed by atoms with Crippen LogP contribution in [0.4, 0.5) is 17.3 Å². The van der Waals surface area contributed by atoms with Gasteiger partial charge in [-0.05, 0) is 66.8 Å². The second-order valence-electron chi connectivity index (χ2n) is 8.05. The highest BCUT2D eigenvalue weighted by Crippen LogP contribution is 2.39. The first-order valence-corrected chi connectivity index (χ1v) is 10.6. The smallest absolute Gasteiger partial charge is 0.252 e. The Morgan fingerprint density at radius 2 is 1.76 bits per heavy atom. The Balaban J connectivity index is 1.59. The Hall–Kier alpha value is -2.60. The molecule has 0 atom stereocenters. The van der Waals surface area contributed by atoms with Crippen molar-refractivity contribution in [2.45, 2.75) is 50.4 Å². The number of primary amides is 1. The molecule has 2 heterocycles. The van der Waals surface area contributed by atoms with Crippen molar-refractivity contribution in [2.24, 2.45) is 5.73 Å². The van der Waals surface area contributed by atoms with Crippen LogP contribution in [0, 0.1) is 0 Å². The van der Waals surface area contributed by atoms with Gasteiger partial charge in [0.15, 0.2) is 0 Å². The summed E-state index contributed by atoms with van der Waals surface area (Å²) in [5.74, 6) is 1.80. The van der Waals surface area contributed by atoms with Crippen molar-refractivity contribution in [3.63, 3.8) is 0 Å². The number of anilines is 3. The number of ether oxygens (including phenoxy) is 1. The molecule has 2 aromatic rings. The average Bonchev–Trinajstić information content (AvgIpc) is 3.29. The number of aromatic nitrogens is 1. The van der Waals surface area contributed by atoms with E-state index in [-0.39, 0.29) is 0 Å². The van der Waals surface area contributed by atoms with Crippen molar-refractivity contribution in [3.8, 4) is 0 Å². The topological polar surface area (TPSA) is 89.3 Å². The van der Waals surface area contributed by atoms with Crippen LogP contribution in [-0.2, 0) is 4.74 Å². The maximum absolute atomic E-state index is 12.1. The highest BCUT2D eigenvalue weighted by atomic mass is 16.5. The lowest BCUT2D eigenvalue weighted by molar-refractivity contribution is 0.0853. The molecule has 6 heteroatoms. The number of hydrogen-bond acceptors (Lipinski definition) is 5. The third kappa shape index (κ3) is 4.37. The molecule has 0 bridgehead atoms. The normalized spacial score (nSPS) is 18.0. The quantitative estimate of drug-likeness (QED) is 0.670. The van der Waals surface area contributed by atoms with E-state index in [1.807, 2.05) is 6.07 Å². The van der Waals surface area contributed by atoms with Crippen molar-refractivity contribution >= 4 is 23.2 Å². The summed E-state index contributed by atoms with van der Waals surface area (Å²) < 4.78 is 5.47. The number of rotatable bonds is 6. The van der Waals surface area contributed by atoms with E-state index in [2.05, 4.69) is 39.9 Å². The molecule has 1 saturated heterocycles. The lowest BCUT2D eigenvalue weighted by Gasteiger charge is -2.22. The first-order valence-electron chi connectivity index (χ1n) is 10.6. The van der Waals surface area contributed by atoms with E-state index in [4.69, 9.17) is 10.5 Å². The molecule has 1 saturated carbocycles. The zero-order valence-corrected chi connectivity index (χ0v) is 17.0. The third-order valence-corrected chi connectivity index (χ3v) is 6.20. The predicted molar refractivity (Wildman–Crippen MR) is 116 cm³/mol. The Morgan fingerprint density at radius 3 is 2.38 bits per heavy atom. The molecule has 1 aromatic heterocycles. The summed E-state index contributed by atoms with van der Waals surface area (Å²) in [5.41, 5.74) is 9.58. The van der Waals surface area contributed by atoms with Gasteiger partial charge in [0.25, 0.3) is 5.91 Å². The van der Waals surface area contributed by atoms with E-state index in [1.165, 1.54) is 18.4 Å². The Kier molecular flexibility index (Phi) is 6.00. The molecule has 1 aromatic carbocycles. The molecule has 0 unspecified atom stereocenters. The Morgan fingerprint density at radius 1 is 1.07 bits per heavy atom. The summed E-state index contributed by atoms with van der Waals surface area (Å²) in [6.07, 6.45) is 6.73. The number of benzene rings is 1. The van der Waals surface area contributed by atoms with Gasteiger partial charge >= 0.3 is 0 Å². The summed E-state index contributed by atoms with van der Waals surface area (Å²) in [6.45, 7) is 1.69. The minimum Gasteiger partial charge on any atom is -0.381 e. The number of carbonyl (C=O) groups excluding carboxylic acids is 1. The molecule has 4 N–H and O–H groups in total. The lowest BCUT2D eigenvalue weighted by Crippen LogP contribution is -2.19. The van der Waals surface area contributed by atoms with E-state index in [0.29, 0.717) is 23.2 Å². The molecule has 154 valence electrons. The average molecular weight is 395 g/mol. The van der Waals surface area contributed by atoms with Crippen LogP contribution in [-0.4, -0.2) is 31.2 Å². The van der Waals surface area contributed by atoms with E-state index < -0.39 is 5.91 Å². The van der Waals surface area contributed by atoms with Gasteiger partial charge < -0.3 is 21.1 Å². The summed E-state index contributed by atoms with van der Waals surface area (Å²) in [7, 11) is 1.78. The van der Waals surface area contributed by atoms with Crippen molar-refractivity contribution in [1.82, 2.24) is 4.98 Å². The van der Waals surface area contributed by atoms with Gasteiger partial charge in [-0.1, -0.05) is 25.0 Å². The predicted octanol–water partition coefficient (Wildman–Crippen LogP) is 4.52. The number of nitrogens with one attached hydrogen (secondary N) is 2. The fraction of sp³-hybridized carbons (Fsp3) is 0.478. The Bertz CT molecular complexity index is 854. The number of amides is 1. The minimum atomic E-state index is -0.420. The van der Waals surface area contributed by atoms with Crippen LogP contribution < -0.4 is 16.4 Å². The zero-order chi connectivity index (χ0) is 20.2. The highest BCUT2D eigenvalue weighted by molar-refractivity contribution is 5.99. The van der Waals surface area contributed by atoms with Crippen molar-refractivity contribution in [1.29, 1.82) is 0 Å². The Labute approximate surface area is 172 Å². The lowest BCUT2D eigenvalue weighted by atomic mass is 9.91. The number of pyridine rings is 1. The van der Waals surface area contributed by atoms with Crippen LogP contribution in [0.1, 0.15) is 71.8 Å². The van der Waals surface area contributed by atoms with Crippen molar-refractivity contribution in [3.05, 3.63) is 47.0 Å². The van der Waals surface area contributed by atoms with E-state index in [9.17, 15) is 4.79 Å². The van der Waals surface area contributed by atoms with E-state index in [0.717, 1.165) is 56.0 Å². The summed E-state index contributed by atoms with van der Waals surface area (Å²) in [6, 6.07) is 10.6. The number of nitrogens with zero attached hydrogens (tertiary/aromatic N) is 1. The standard InChI is InChI=1S/C23H30N4O2/c1-25-23-21(22(24)28)19(17-4-2-3-5-17)14-20(27-23)26-18-8-6-15(7-9-18)16-10-12-29-13-11-16/h6-9,14,16-17H,2-5,10-13H2,1H3,(H2,24,28)(H2,25,26,27). The van der Waals surface area contributed by atoms with Crippen LogP contribution >= 0.6 is 0 Å². The molecule has 6 nitrogen and oxygen atoms in total. The van der Waals surface area contributed by atoms with Crippen LogP contribution in [0.15, 0.2) is 30.3 Å².